The monoisotopic (exact) mass is 257 g/mol. The molecule has 1 aliphatic rings. The van der Waals surface area contributed by atoms with Crippen LogP contribution in [0, 0.1) is 0 Å². The molecule has 0 unspecified atom stereocenters. The fraction of sp³-hybridized carbons (Fsp3) is 0.364. The van der Waals surface area contributed by atoms with Gasteiger partial charge in [-0.15, -0.1) is 0 Å². The third-order valence-electron chi connectivity index (χ3n) is 2.57. The van der Waals surface area contributed by atoms with E-state index in [2.05, 4.69) is 9.89 Å². The number of nitrogens with two attached hydrogens (primary N) is 1. The van der Waals surface area contributed by atoms with Crippen LogP contribution in [0.2, 0.25) is 10.0 Å². The number of aliphatic imine (C=N–C) groups is 1. The van der Waals surface area contributed by atoms with Crippen LogP contribution in [0.5, 0.6) is 0 Å². The smallest absolute Gasteiger partial charge is 0.196 e. The van der Waals surface area contributed by atoms with Gasteiger partial charge in [-0.2, -0.15) is 0 Å². The van der Waals surface area contributed by atoms with Gasteiger partial charge < -0.3 is 10.6 Å². The van der Waals surface area contributed by atoms with E-state index in [1.54, 1.807) is 18.2 Å². The molecule has 16 heavy (non-hydrogen) atoms. The lowest BCUT2D eigenvalue weighted by Gasteiger charge is -2.15. The van der Waals surface area contributed by atoms with E-state index in [0.717, 1.165) is 13.1 Å². The average Bonchev–Trinajstić information content (AvgIpc) is 2.76. The van der Waals surface area contributed by atoms with Gasteiger partial charge >= 0.3 is 0 Å². The second kappa shape index (κ2) is 4.93. The van der Waals surface area contributed by atoms with Gasteiger partial charge in [0.2, 0.25) is 0 Å². The van der Waals surface area contributed by atoms with Crippen molar-refractivity contribution in [3.05, 3.63) is 28.2 Å². The molecular weight excluding hydrogens is 245 g/mol. The maximum Gasteiger partial charge on any atom is 0.196 e. The van der Waals surface area contributed by atoms with Crippen molar-refractivity contribution >= 4 is 34.8 Å². The summed E-state index contributed by atoms with van der Waals surface area (Å²) in [5.74, 6) is 0.515. The van der Waals surface area contributed by atoms with Crippen LogP contribution in [0.15, 0.2) is 23.2 Å². The molecule has 0 amide bonds. The van der Waals surface area contributed by atoms with Gasteiger partial charge in [0, 0.05) is 18.1 Å². The summed E-state index contributed by atoms with van der Waals surface area (Å²) in [6.45, 7) is 1.93. The summed E-state index contributed by atoms with van der Waals surface area (Å²) in [6, 6.07) is 5.17. The normalized spacial score (nSPS) is 16.9. The van der Waals surface area contributed by atoms with Crippen LogP contribution in [-0.4, -0.2) is 23.9 Å². The molecule has 1 heterocycles. The molecule has 1 fully saturated rings. The highest BCUT2D eigenvalue weighted by atomic mass is 35.5. The Morgan fingerprint density at radius 3 is 2.62 bits per heavy atom. The van der Waals surface area contributed by atoms with Gasteiger partial charge in [0.05, 0.1) is 10.7 Å². The molecule has 0 aliphatic carbocycles. The number of halogens is 2. The predicted molar refractivity (Wildman–Crippen MR) is 68.6 cm³/mol. The van der Waals surface area contributed by atoms with Gasteiger partial charge in [0.25, 0.3) is 0 Å². The fourth-order valence-electron chi connectivity index (χ4n) is 1.71. The Bertz CT molecular complexity index is 412. The third-order valence-corrected chi connectivity index (χ3v) is 3.13. The first kappa shape index (κ1) is 11.6. The molecule has 0 atom stereocenters. The Labute approximate surface area is 105 Å². The molecule has 1 aromatic carbocycles. The first-order chi connectivity index (χ1) is 7.66. The van der Waals surface area contributed by atoms with E-state index < -0.39 is 0 Å². The minimum absolute atomic E-state index is 0.515. The number of rotatable bonds is 1. The maximum atomic E-state index is 6.01. The predicted octanol–water partition coefficient (Wildman–Crippen LogP) is 3.04. The lowest BCUT2D eigenvalue weighted by Crippen LogP contribution is -2.34. The molecule has 86 valence electrons. The molecule has 0 saturated carbocycles. The van der Waals surface area contributed by atoms with E-state index in [0.29, 0.717) is 21.7 Å². The second-order valence-electron chi connectivity index (χ2n) is 3.76. The van der Waals surface area contributed by atoms with Gasteiger partial charge in [-0.05, 0) is 31.0 Å². The number of likely N-dealkylation sites (tertiary alicyclic amines) is 1. The van der Waals surface area contributed by atoms with Gasteiger partial charge in [0.15, 0.2) is 5.96 Å². The Hall–Kier alpha value is -0.930. The highest BCUT2D eigenvalue weighted by Crippen LogP contribution is 2.28. The van der Waals surface area contributed by atoms with Gasteiger partial charge in [-0.25, -0.2) is 4.99 Å². The number of hydrogen-bond acceptors (Lipinski definition) is 1. The highest BCUT2D eigenvalue weighted by Gasteiger charge is 2.13. The Morgan fingerprint density at radius 2 is 1.94 bits per heavy atom. The van der Waals surface area contributed by atoms with E-state index >= 15 is 0 Å². The summed E-state index contributed by atoms with van der Waals surface area (Å²) < 4.78 is 0. The van der Waals surface area contributed by atoms with Crippen molar-refractivity contribution < 1.29 is 0 Å². The summed E-state index contributed by atoms with van der Waals surface area (Å²) in [4.78, 5) is 6.36. The van der Waals surface area contributed by atoms with E-state index in [4.69, 9.17) is 28.9 Å². The average molecular weight is 258 g/mol. The number of hydrogen-bond donors (Lipinski definition) is 1. The first-order valence-electron chi connectivity index (χ1n) is 5.21. The van der Waals surface area contributed by atoms with Crippen LogP contribution in [0.3, 0.4) is 0 Å². The zero-order chi connectivity index (χ0) is 11.5. The van der Waals surface area contributed by atoms with E-state index in [-0.39, 0.29) is 0 Å². The number of nitrogens with zero attached hydrogens (tertiary/aromatic N) is 2. The molecule has 1 aliphatic heterocycles. The molecule has 1 saturated heterocycles. The van der Waals surface area contributed by atoms with E-state index in [1.807, 2.05) is 0 Å². The zero-order valence-electron chi connectivity index (χ0n) is 8.79. The number of guanidine groups is 1. The molecule has 3 nitrogen and oxygen atoms in total. The van der Waals surface area contributed by atoms with Gasteiger partial charge in [0.1, 0.15) is 0 Å². The third kappa shape index (κ3) is 2.60. The Kier molecular flexibility index (Phi) is 3.56. The Morgan fingerprint density at radius 1 is 1.25 bits per heavy atom. The topological polar surface area (TPSA) is 41.6 Å². The van der Waals surface area contributed by atoms with Crippen molar-refractivity contribution in [2.45, 2.75) is 12.8 Å². The minimum atomic E-state index is 0.515. The van der Waals surface area contributed by atoms with Crippen LogP contribution in [0.25, 0.3) is 0 Å². The summed E-state index contributed by atoms with van der Waals surface area (Å²) in [7, 11) is 0. The molecule has 0 aromatic heterocycles. The van der Waals surface area contributed by atoms with Crippen molar-refractivity contribution in [2.75, 3.05) is 13.1 Å². The van der Waals surface area contributed by atoms with Crippen molar-refractivity contribution in [1.82, 2.24) is 4.90 Å². The van der Waals surface area contributed by atoms with E-state index in [9.17, 15) is 0 Å². The summed E-state index contributed by atoms with van der Waals surface area (Å²) in [6.07, 6.45) is 2.33. The Balaban J connectivity index is 2.23. The lowest BCUT2D eigenvalue weighted by molar-refractivity contribution is 0.513. The van der Waals surface area contributed by atoms with Crippen molar-refractivity contribution in [1.29, 1.82) is 0 Å². The molecular formula is C11H13Cl2N3. The highest BCUT2D eigenvalue weighted by molar-refractivity contribution is 6.35. The molecule has 0 radical (unpaired) electrons. The van der Waals surface area contributed by atoms with Gasteiger partial charge in [-0.3, -0.25) is 0 Å². The SMILES string of the molecule is NC(=Nc1cc(Cl)ccc1Cl)N1CCCC1. The van der Waals surface area contributed by atoms with Crippen LogP contribution in [0.4, 0.5) is 5.69 Å². The van der Waals surface area contributed by atoms with Crippen LogP contribution in [0.1, 0.15) is 12.8 Å². The van der Waals surface area contributed by atoms with Crippen LogP contribution < -0.4 is 5.73 Å². The standard InChI is InChI=1S/C11H13Cl2N3/c12-8-3-4-9(13)10(7-8)15-11(14)16-5-1-2-6-16/h3-4,7H,1-2,5-6H2,(H2,14,15). The maximum absolute atomic E-state index is 6.01. The molecule has 0 bridgehead atoms. The summed E-state index contributed by atoms with van der Waals surface area (Å²) in [5.41, 5.74) is 6.53. The van der Waals surface area contributed by atoms with Crippen molar-refractivity contribution in [2.24, 2.45) is 10.7 Å². The molecule has 1 aromatic rings. The summed E-state index contributed by atoms with van der Waals surface area (Å²) in [5, 5.41) is 1.17. The molecule has 0 spiro atoms. The second-order valence-corrected chi connectivity index (χ2v) is 4.60. The van der Waals surface area contributed by atoms with Crippen LogP contribution >= 0.6 is 23.2 Å². The molecule has 5 heteroatoms. The minimum Gasteiger partial charge on any atom is -0.369 e. The molecule has 2 N–H and O–H groups in total. The van der Waals surface area contributed by atoms with Crippen molar-refractivity contribution in [3.8, 4) is 0 Å². The quantitative estimate of drug-likeness (QED) is 0.621. The van der Waals surface area contributed by atoms with E-state index in [1.165, 1.54) is 12.8 Å². The van der Waals surface area contributed by atoms with Crippen molar-refractivity contribution in [3.63, 3.8) is 0 Å². The van der Waals surface area contributed by atoms with Gasteiger partial charge in [-0.1, -0.05) is 23.2 Å². The molecule has 2 rings (SSSR count). The lowest BCUT2D eigenvalue weighted by atomic mass is 10.3. The fourth-order valence-corrected chi connectivity index (χ4v) is 2.04. The zero-order valence-corrected chi connectivity index (χ0v) is 10.3. The number of benzene rings is 1. The summed E-state index contributed by atoms with van der Waals surface area (Å²) >= 11 is 11.9. The largest absolute Gasteiger partial charge is 0.369 e. The first-order valence-corrected chi connectivity index (χ1v) is 5.96. The van der Waals surface area contributed by atoms with Crippen LogP contribution in [-0.2, 0) is 0 Å².